The maximum Gasteiger partial charge on any atom is 0.416 e. The van der Waals surface area contributed by atoms with Crippen molar-refractivity contribution in [1.29, 1.82) is 5.26 Å². The number of hydrogen-bond acceptors (Lipinski definition) is 2. The van der Waals surface area contributed by atoms with E-state index in [0.717, 1.165) is 24.3 Å². The van der Waals surface area contributed by atoms with Gasteiger partial charge in [0.15, 0.2) is 0 Å². The zero-order valence-electron chi connectivity index (χ0n) is 23.1. The Morgan fingerprint density at radius 1 is 0.698 bits per heavy atom. The lowest BCUT2D eigenvalue weighted by molar-refractivity contribution is -0.138. The number of nitriles is 1. The van der Waals surface area contributed by atoms with Crippen molar-refractivity contribution in [2.75, 3.05) is 13.3 Å². The smallest absolute Gasteiger partial charge is 0.360 e. The van der Waals surface area contributed by atoms with E-state index in [9.17, 15) is 45.2 Å². The SMILES string of the molecule is CC(CF)(Cc1cc2[nH]cc(C#N)c(=O)c2cc1CC(C)(CF)c1ccc(C(F)(F)F)cc1)c1ccc(C(F)(F)F)cc1. The number of benzene rings is 3. The molecule has 1 N–H and O–H groups in total. The quantitative estimate of drug-likeness (QED) is 0.205. The fourth-order valence-electron chi connectivity index (χ4n) is 5.19. The van der Waals surface area contributed by atoms with Gasteiger partial charge in [0.2, 0.25) is 5.43 Å². The number of nitrogens with one attached hydrogen (secondary N) is 1. The molecule has 1 aromatic heterocycles. The van der Waals surface area contributed by atoms with E-state index in [4.69, 9.17) is 0 Å². The van der Waals surface area contributed by atoms with Gasteiger partial charge in [0.1, 0.15) is 11.6 Å². The Morgan fingerprint density at radius 3 is 1.47 bits per heavy atom. The first-order valence-corrected chi connectivity index (χ1v) is 13.1. The van der Waals surface area contributed by atoms with E-state index in [-0.39, 0.29) is 34.9 Å². The third kappa shape index (κ3) is 6.43. The standard InChI is InChI=1S/C32H26F8N2O/c1-29(17-33,22-3-7-24(8-4-22)31(35,36)37)13-19-11-26-27(42-16-21(15-41)28(26)43)12-20(19)14-30(2,18-34)23-5-9-25(10-6-23)32(38,39)40/h3-12,16H,13-14,17-18H2,1-2H3,(H,42,43). The van der Waals surface area contributed by atoms with Gasteiger partial charge in [-0.25, -0.2) is 0 Å². The Kier molecular flexibility index (Phi) is 8.47. The van der Waals surface area contributed by atoms with Gasteiger partial charge in [0.05, 0.1) is 24.5 Å². The summed E-state index contributed by atoms with van der Waals surface area (Å²) in [6.45, 7) is 1.06. The lowest BCUT2D eigenvalue weighted by Gasteiger charge is -2.32. The van der Waals surface area contributed by atoms with Crippen molar-refractivity contribution in [1.82, 2.24) is 4.98 Å². The minimum absolute atomic E-state index is 0.0719. The average Bonchev–Trinajstić information content (AvgIpc) is 2.97. The fourth-order valence-corrected chi connectivity index (χ4v) is 5.19. The largest absolute Gasteiger partial charge is 0.416 e. The summed E-state index contributed by atoms with van der Waals surface area (Å²) >= 11 is 0. The molecule has 0 amide bonds. The van der Waals surface area contributed by atoms with Crippen LogP contribution in [-0.4, -0.2) is 18.3 Å². The highest BCUT2D eigenvalue weighted by atomic mass is 19.4. The van der Waals surface area contributed by atoms with Crippen molar-refractivity contribution in [3.05, 3.63) is 116 Å². The summed E-state index contributed by atoms with van der Waals surface area (Å²) in [5, 5.41) is 9.42. The van der Waals surface area contributed by atoms with Crippen LogP contribution >= 0.6 is 0 Å². The molecule has 226 valence electrons. The number of H-pyrrole nitrogens is 1. The van der Waals surface area contributed by atoms with Crippen LogP contribution in [0.2, 0.25) is 0 Å². The van der Waals surface area contributed by atoms with Crippen LogP contribution in [0.25, 0.3) is 10.9 Å². The van der Waals surface area contributed by atoms with Gasteiger partial charge in [0.25, 0.3) is 0 Å². The Balaban J connectivity index is 1.85. The summed E-state index contributed by atoms with van der Waals surface area (Å²) in [5.74, 6) is 0. The van der Waals surface area contributed by atoms with Crippen molar-refractivity contribution in [3.8, 4) is 6.07 Å². The van der Waals surface area contributed by atoms with Crippen LogP contribution in [0.5, 0.6) is 0 Å². The number of pyridine rings is 1. The summed E-state index contributed by atoms with van der Waals surface area (Å²) in [7, 11) is 0. The summed E-state index contributed by atoms with van der Waals surface area (Å²) in [4.78, 5) is 15.8. The van der Waals surface area contributed by atoms with Gasteiger partial charge in [-0.1, -0.05) is 38.1 Å². The van der Waals surface area contributed by atoms with Crippen molar-refractivity contribution >= 4 is 10.9 Å². The summed E-state index contributed by atoms with van der Waals surface area (Å²) in [6.07, 6.45) is -8.15. The number of nitrogens with zero attached hydrogens (tertiary/aromatic N) is 1. The van der Waals surface area contributed by atoms with Gasteiger partial charge < -0.3 is 4.98 Å². The Morgan fingerprint density at radius 2 is 1.09 bits per heavy atom. The Hall–Kier alpha value is -4.20. The number of rotatable bonds is 8. The second-order valence-electron chi connectivity index (χ2n) is 11.2. The molecule has 0 fully saturated rings. The first-order valence-electron chi connectivity index (χ1n) is 13.1. The minimum atomic E-state index is -4.59. The molecule has 4 aromatic rings. The number of aromatic amines is 1. The number of fused-ring (bicyclic) bond motifs is 1. The van der Waals surface area contributed by atoms with Crippen LogP contribution in [0.4, 0.5) is 35.1 Å². The topological polar surface area (TPSA) is 56.6 Å². The number of aromatic nitrogens is 1. The molecule has 3 aromatic carbocycles. The van der Waals surface area contributed by atoms with E-state index in [1.807, 2.05) is 0 Å². The van der Waals surface area contributed by atoms with Crippen LogP contribution in [-0.2, 0) is 36.0 Å². The predicted molar refractivity (Wildman–Crippen MR) is 146 cm³/mol. The van der Waals surface area contributed by atoms with E-state index in [0.29, 0.717) is 16.6 Å². The second-order valence-corrected chi connectivity index (χ2v) is 11.2. The first kappa shape index (κ1) is 31.7. The van der Waals surface area contributed by atoms with Crippen molar-refractivity contribution in [2.45, 2.75) is 49.9 Å². The zero-order valence-corrected chi connectivity index (χ0v) is 23.1. The lowest BCUT2D eigenvalue weighted by atomic mass is 9.73. The van der Waals surface area contributed by atoms with E-state index in [1.165, 1.54) is 50.4 Å². The molecule has 0 spiro atoms. The molecule has 0 aliphatic heterocycles. The van der Waals surface area contributed by atoms with Crippen molar-refractivity contribution in [2.24, 2.45) is 0 Å². The average molecular weight is 607 g/mol. The monoisotopic (exact) mass is 606 g/mol. The van der Waals surface area contributed by atoms with E-state index in [2.05, 4.69) is 4.98 Å². The molecule has 0 aliphatic carbocycles. The molecule has 2 unspecified atom stereocenters. The Bertz CT molecular complexity index is 1720. The van der Waals surface area contributed by atoms with Gasteiger partial charge in [-0.15, -0.1) is 0 Å². The first-order chi connectivity index (χ1) is 20.0. The molecular weight excluding hydrogens is 580 g/mol. The number of hydrogen-bond donors (Lipinski definition) is 1. The third-order valence-electron chi connectivity index (χ3n) is 7.89. The molecular formula is C32H26F8N2O. The van der Waals surface area contributed by atoms with Gasteiger partial charge in [-0.05, 0) is 71.5 Å². The second kappa shape index (κ2) is 11.5. The maximum absolute atomic E-state index is 14.7. The molecule has 4 rings (SSSR count). The number of halogens is 8. The molecule has 43 heavy (non-hydrogen) atoms. The molecule has 11 heteroatoms. The van der Waals surface area contributed by atoms with Gasteiger partial charge in [-0.2, -0.15) is 31.6 Å². The van der Waals surface area contributed by atoms with Crippen LogP contribution < -0.4 is 5.43 Å². The normalized spacial score (nSPS) is 15.1. The maximum atomic E-state index is 14.7. The highest BCUT2D eigenvalue weighted by Gasteiger charge is 2.35. The molecule has 0 radical (unpaired) electrons. The van der Waals surface area contributed by atoms with Gasteiger partial charge in [0, 0.05) is 27.9 Å². The van der Waals surface area contributed by atoms with E-state index < -0.39 is 53.1 Å². The molecule has 0 saturated carbocycles. The summed E-state index contributed by atoms with van der Waals surface area (Å²) in [6, 6.07) is 12.9. The lowest BCUT2D eigenvalue weighted by Crippen LogP contribution is -2.31. The molecule has 0 saturated heterocycles. The molecule has 1 heterocycles. The molecule has 0 bridgehead atoms. The van der Waals surface area contributed by atoms with Crippen LogP contribution in [0, 0.1) is 11.3 Å². The fraction of sp³-hybridized carbons (Fsp3) is 0.312. The van der Waals surface area contributed by atoms with Crippen LogP contribution in [0.1, 0.15) is 52.8 Å². The van der Waals surface area contributed by atoms with E-state index >= 15 is 0 Å². The third-order valence-corrected chi connectivity index (χ3v) is 7.89. The zero-order chi connectivity index (χ0) is 31.8. The molecule has 2 atom stereocenters. The van der Waals surface area contributed by atoms with Crippen LogP contribution in [0.3, 0.4) is 0 Å². The number of alkyl halides is 8. The molecule has 0 aliphatic rings. The van der Waals surface area contributed by atoms with E-state index in [1.54, 1.807) is 12.1 Å². The highest BCUT2D eigenvalue weighted by Crippen LogP contribution is 2.38. The van der Waals surface area contributed by atoms with Crippen molar-refractivity contribution in [3.63, 3.8) is 0 Å². The summed E-state index contributed by atoms with van der Waals surface area (Å²) in [5.41, 5.74) is -3.64. The van der Waals surface area contributed by atoms with Crippen LogP contribution in [0.15, 0.2) is 71.7 Å². The van der Waals surface area contributed by atoms with Crippen molar-refractivity contribution < 1.29 is 35.1 Å². The van der Waals surface area contributed by atoms with Gasteiger partial charge in [-0.3, -0.25) is 13.6 Å². The predicted octanol–water partition coefficient (Wildman–Crippen LogP) is 8.38. The highest BCUT2D eigenvalue weighted by molar-refractivity contribution is 5.81. The molecule has 3 nitrogen and oxygen atoms in total. The Labute approximate surface area is 241 Å². The summed E-state index contributed by atoms with van der Waals surface area (Å²) < 4.78 is 108. The van der Waals surface area contributed by atoms with Gasteiger partial charge >= 0.3 is 12.4 Å². The minimum Gasteiger partial charge on any atom is -0.360 e.